The number of aromatic nitrogens is 1. The van der Waals surface area contributed by atoms with E-state index < -0.39 is 12.2 Å². The van der Waals surface area contributed by atoms with Gasteiger partial charge in [0.1, 0.15) is 16.8 Å². The van der Waals surface area contributed by atoms with Gasteiger partial charge in [-0.15, -0.1) is 11.3 Å². The molecule has 0 spiro atoms. The predicted molar refractivity (Wildman–Crippen MR) is 86.9 cm³/mol. The van der Waals surface area contributed by atoms with Gasteiger partial charge >= 0.3 is 6.09 Å². The second kappa shape index (κ2) is 7.81. The molecular weight excluding hydrogens is 338 g/mol. The van der Waals surface area contributed by atoms with E-state index in [-0.39, 0.29) is 6.54 Å². The Morgan fingerprint density at radius 1 is 1.61 bits per heavy atom. The Morgan fingerprint density at radius 3 is 3.00 bits per heavy atom. The molecule has 1 heterocycles. The van der Waals surface area contributed by atoms with Crippen LogP contribution in [-0.2, 0) is 0 Å². The number of carbonyl (C=O) groups is 1. The van der Waals surface area contributed by atoms with Crippen molar-refractivity contribution in [1.82, 2.24) is 9.88 Å². The molecule has 23 heavy (non-hydrogen) atoms. The smallest absolute Gasteiger partial charge is 0.407 e. The Morgan fingerprint density at radius 2 is 2.39 bits per heavy atom. The van der Waals surface area contributed by atoms with Crippen molar-refractivity contribution >= 4 is 29.0 Å². The zero-order valence-corrected chi connectivity index (χ0v) is 13.8. The van der Waals surface area contributed by atoms with Gasteiger partial charge in [0, 0.05) is 42.7 Å². The summed E-state index contributed by atoms with van der Waals surface area (Å²) in [7, 11) is 1.49. The van der Waals surface area contributed by atoms with Gasteiger partial charge in [-0.3, -0.25) is 0 Å². The quantitative estimate of drug-likeness (QED) is 0.855. The molecule has 1 atom stereocenters. The van der Waals surface area contributed by atoms with Crippen molar-refractivity contribution in [2.75, 3.05) is 13.6 Å². The van der Waals surface area contributed by atoms with Crippen LogP contribution in [0.2, 0.25) is 5.02 Å². The van der Waals surface area contributed by atoms with E-state index in [2.05, 4.69) is 11.1 Å². The lowest BCUT2D eigenvalue weighted by Gasteiger charge is -2.20. The summed E-state index contributed by atoms with van der Waals surface area (Å²) in [6.45, 7) is 0.280. The fraction of sp³-hybridized carbons (Fsp3) is 0.267. The SMILES string of the molecule is CN(CCC(Oc1cc(Cl)ccc1C#N)c1nccs1)C(=O)O. The van der Waals surface area contributed by atoms with Crippen molar-refractivity contribution in [3.63, 3.8) is 0 Å². The Labute approximate surface area is 142 Å². The van der Waals surface area contributed by atoms with E-state index in [9.17, 15) is 10.1 Å². The first-order valence-corrected chi connectivity index (χ1v) is 7.96. The Kier molecular flexibility index (Phi) is 5.79. The highest BCUT2D eigenvalue weighted by molar-refractivity contribution is 7.09. The van der Waals surface area contributed by atoms with Gasteiger partial charge in [-0.2, -0.15) is 5.26 Å². The minimum absolute atomic E-state index is 0.280. The maximum Gasteiger partial charge on any atom is 0.407 e. The standard InChI is InChI=1S/C15H14ClN3O3S/c1-19(15(20)21)6-4-12(14-18-5-7-23-14)22-13-8-11(16)3-2-10(13)9-17/h2-3,5,7-8,12H,4,6H2,1H3,(H,20,21). The van der Waals surface area contributed by atoms with Crippen LogP contribution in [0.1, 0.15) is 23.1 Å². The molecule has 0 aliphatic rings. The van der Waals surface area contributed by atoms with Gasteiger partial charge in [0.15, 0.2) is 6.10 Å². The van der Waals surface area contributed by atoms with E-state index in [0.29, 0.717) is 27.8 Å². The molecule has 0 saturated heterocycles. The zero-order chi connectivity index (χ0) is 16.8. The lowest BCUT2D eigenvalue weighted by Crippen LogP contribution is -2.27. The van der Waals surface area contributed by atoms with Crippen molar-refractivity contribution in [3.05, 3.63) is 45.4 Å². The van der Waals surface area contributed by atoms with E-state index >= 15 is 0 Å². The summed E-state index contributed by atoms with van der Waals surface area (Å²) in [4.78, 5) is 16.3. The molecule has 2 aromatic rings. The summed E-state index contributed by atoms with van der Waals surface area (Å²) in [6, 6.07) is 6.82. The largest absolute Gasteiger partial charge is 0.482 e. The number of carboxylic acid groups (broad SMARTS) is 1. The molecular formula is C15H14ClN3O3S. The van der Waals surface area contributed by atoms with Crippen molar-refractivity contribution in [3.8, 4) is 11.8 Å². The highest BCUT2D eigenvalue weighted by atomic mass is 35.5. The summed E-state index contributed by atoms with van der Waals surface area (Å²) >= 11 is 7.37. The first-order chi connectivity index (χ1) is 11.0. The Hall–Kier alpha value is -2.30. The number of hydrogen-bond donors (Lipinski definition) is 1. The summed E-state index contributed by atoms with van der Waals surface area (Å²) < 4.78 is 5.91. The summed E-state index contributed by atoms with van der Waals surface area (Å²) in [5.41, 5.74) is 0.363. The second-order valence-electron chi connectivity index (χ2n) is 4.72. The second-order valence-corrected chi connectivity index (χ2v) is 6.08. The van der Waals surface area contributed by atoms with Crippen LogP contribution in [0.25, 0.3) is 0 Å². The molecule has 1 N–H and O–H groups in total. The number of nitrogens with zero attached hydrogens (tertiary/aromatic N) is 3. The first kappa shape index (κ1) is 17.1. The monoisotopic (exact) mass is 351 g/mol. The number of benzene rings is 1. The predicted octanol–water partition coefficient (Wildman–Crippen LogP) is 3.79. The molecule has 1 unspecified atom stereocenters. The van der Waals surface area contributed by atoms with Crippen LogP contribution >= 0.6 is 22.9 Å². The van der Waals surface area contributed by atoms with E-state index in [1.807, 2.05) is 5.38 Å². The Bertz CT molecular complexity index is 715. The van der Waals surface area contributed by atoms with Crippen molar-refractivity contribution in [2.45, 2.75) is 12.5 Å². The molecule has 0 fully saturated rings. The molecule has 2 rings (SSSR count). The van der Waals surface area contributed by atoms with Crippen LogP contribution in [0.5, 0.6) is 5.75 Å². The van der Waals surface area contributed by atoms with Gasteiger partial charge in [-0.1, -0.05) is 11.6 Å². The fourth-order valence-electron chi connectivity index (χ4n) is 1.87. The number of hydrogen-bond acceptors (Lipinski definition) is 5. The molecule has 6 nitrogen and oxygen atoms in total. The van der Waals surface area contributed by atoms with Gasteiger partial charge in [-0.05, 0) is 12.1 Å². The summed E-state index contributed by atoms with van der Waals surface area (Å²) in [5.74, 6) is 0.359. The van der Waals surface area contributed by atoms with Gasteiger partial charge in [0.25, 0.3) is 0 Å². The van der Waals surface area contributed by atoms with Crippen LogP contribution in [-0.4, -0.2) is 34.7 Å². The topological polar surface area (TPSA) is 86.5 Å². The van der Waals surface area contributed by atoms with Crippen LogP contribution in [0, 0.1) is 11.3 Å². The number of rotatable bonds is 6. The number of halogens is 1. The average molecular weight is 352 g/mol. The summed E-state index contributed by atoms with van der Waals surface area (Å²) in [6.07, 6.45) is 0.597. The normalized spacial score (nSPS) is 11.5. The van der Waals surface area contributed by atoms with Crippen LogP contribution in [0.4, 0.5) is 4.79 Å². The van der Waals surface area contributed by atoms with Crippen LogP contribution < -0.4 is 4.74 Å². The van der Waals surface area contributed by atoms with Crippen molar-refractivity contribution in [1.29, 1.82) is 5.26 Å². The minimum atomic E-state index is -1.01. The highest BCUT2D eigenvalue weighted by Crippen LogP contribution is 2.30. The lowest BCUT2D eigenvalue weighted by molar-refractivity contribution is 0.140. The number of amides is 1. The molecule has 0 saturated carbocycles. The molecule has 0 bridgehead atoms. The minimum Gasteiger partial charge on any atom is -0.482 e. The first-order valence-electron chi connectivity index (χ1n) is 6.71. The molecule has 1 aromatic heterocycles. The van der Waals surface area contributed by atoms with Gasteiger partial charge in [0.2, 0.25) is 0 Å². The van der Waals surface area contributed by atoms with E-state index in [1.165, 1.54) is 23.3 Å². The van der Waals surface area contributed by atoms with E-state index in [0.717, 1.165) is 0 Å². The molecule has 8 heteroatoms. The van der Waals surface area contributed by atoms with Gasteiger partial charge in [-0.25, -0.2) is 9.78 Å². The van der Waals surface area contributed by atoms with Crippen molar-refractivity contribution in [2.24, 2.45) is 0 Å². The maximum atomic E-state index is 10.9. The van der Waals surface area contributed by atoms with Crippen LogP contribution in [0.3, 0.4) is 0 Å². The molecule has 0 aliphatic carbocycles. The molecule has 1 aromatic carbocycles. The zero-order valence-electron chi connectivity index (χ0n) is 12.3. The molecule has 1 amide bonds. The molecule has 0 aliphatic heterocycles. The number of nitriles is 1. The number of thiazole rings is 1. The average Bonchev–Trinajstić information content (AvgIpc) is 3.05. The third kappa shape index (κ3) is 4.58. The van der Waals surface area contributed by atoms with Gasteiger partial charge in [0.05, 0.1) is 5.56 Å². The van der Waals surface area contributed by atoms with E-state index in [4.69, 9.17) is 21.4 Å². The lowest BCUT2D eigenvalue weighted by atomic mass is 10.2. The molecule has 120 valence electrons. The Balaban J connectivity index is 2.20. The molecule has 0 radical (unpaired) electrons. The van der Waals surface area contributed by atoms with E-state index in [1.54, 1.807) is 24.4 Å². The third-order valence-electron chi connectivity index (χ3n) is 3.11. The maximum absolute atomic E-state index is 10.9. The van der Waals surface area contributed by atoms with Crippen molar-refractivity contribution < 1.29 is 14.6 Å². The van der Waals surface area contributed by atoms with Crippen LogP contribution in [0.15, 0.2) is 29.8 Å². The highest BCUT2D eigenvalue weighted by Gasteiger charge is 2.20. The third-order valence-corrected chi connectivity index (χ3v) is 4.22. The van der Waals surface area contributed by atoms with Gasteiger partial charge < -0.3 is 14.7 Å². The summed E-state index contributed by atoms with van der Waals surface area (Å²) in [5, 5.41) is 21.1. The number of ether oxygens (including phenoxy) is 1. The fourth-order valence-corrected chi connectivity index (χ4v) is 2.73.